The minimum Gasteiger partial charge on any atom is -0.325 e. The van der Waals surface area contributed by atoms with Crippen LogP contribution in [0.15, 0.2) is 16.6 Å². The summed E-state index contributed by atoms with van der Waals surface area (Å²) in [5.41, 5.74) is 1.84. The van der Waals surface area contributed by atoms with Crippen LogP contribution >= 0.6 is 15.9 Å². The van der Waals surface area contributed by atoms with Crippen molar-refractivity contribution in [2.75, 3.05) is 0 Å². The Morgan fingerprint density at radius 1 is 1.50 bits per heavy atom. The lowest BCUT2D eigenvalue weighted by atomic mass is 10.2. The first-order valence-corrected chi connectivity index (χ1v) is 6.33. The molecule has 0 saturated heterocycles. The van der Waals surface area contributed by atoms with Crippen molar-refractivity contribution < 1.29 is 4.39 Å². The van der Waals surface area contributed by atoms with Crippen molar-refractivity contribution >= 4 is 27.0 Å². The third-order valence-corrected chi connectivity index (χ3v) is 4.56. The summed E-state index contributed by atoms with van der Waals surface area (Å²) in [6.07, 6.45) is 1.26. The zero-order valence-electron chi connectivity index (χ0n) is 8.74. The summed E-state index contributed by atoms with van der Waals surface area (Å²) in [4.78, 5) is 4.57. The van der Waals surface area contributed by atoms with Gasteiger partial charge >= 0.3 is 0 Å². The molecule has 0 spiro atoms. The van der Waals surface area contributed by atoms with Crippen LogP contribution in [0, 0.1) is 11.7 Å². The van der Waals surface area contributed by atoms with Crippen molar-refractivity contribution in [3.8, 4) is 0 Å². The minimum absolute atomic E-state index is 0.232. The first kappa shape index (κ1) is 9.16. The molecule has 4 rings (SSSR count). The Bertz CT molecular complexity index is 619. The van der Waals surface area contributed by atoms with E-state index in [-0.39, 0.29) is 5.82 Å². The van der Waals surface area contributed by atoms with Gasteiger partial charge in [0, 0.05) is 18.0 Å². The van der Waals surface area contributed by atoms with Crippen LogP contribution in [0.4, 0.5) is 4.39 Å². The number of nitrogens with zero attached hydrogens (tertiary/aromatic N) is 2. The van der Waals surface area contributed by atoms with Crippen LogP contribution in [0.3, 0.4) is 0 Å². The van der Waals surface area contributed by atoms with Crippen LogP contribution in [0.5, 0.6) is 0 Å². The number of rotatable bonds is 0. The monoisotopic (exact) mass is 280 g/mol. The molecule has 1 aliphatic heterocycles. The van der Waals surface area contributed by atoms with Crippen molar-refractivity contribution in [3.05, 3.63) is 28.2 Å². The highest BCUT2D eigenvalue weighted by molar-refractivity contribution is 9.10. The van der Waals surface area contributed by atoms with Gasteiger partial charge in [0.25, 0.3) is 0 Å². The number of fused-ring (bicyclic) bond motifs is 5. The Balaban J connectivity index is 2.08. The lowest BCUT2D eigenvalue weighted by Crippen LogP contribution is -2.03. The Hall–Kier alpha value is -0.900. The van der Waals surface area contributed by atoms with Crippen LogP contribution in [0.25, 0.3) is 11.0 Å². The van der Waals surface area contributed by atoms with Crippen molar-refractivity contribution in [1.29, 1.82) is 0 Å². The fourth-order valence-electron chi connectivity index (χ4n) is 3.03. The summed E-state index contributed by atoms with van der Waals surface area (Å²) in [7, 11) is 0. The van der Waals surface area contributed by atoms with Gasteiger partial charge in [-0.15, -0.1) is 0 Å². The van der Waals surface area contributed by atoms with Gasteiger partial charge in [0.2, 0.25) is 0 Å². The van der Waals surface area contributed by atoms with E-state index in [9.17, 15) is 4.39 Å². The lowest BCUT2D eigenvalue weighted by molar-refractivity contribution is 0.531. The van der Waals surface area contributed by atoms with Crippen LogP contribution in [-0.4, -0.2) is 9.55 Å². The highest BCUT2D eigenvalue weighted by atomic mass is 79.9. The standard InChI is InChI=1S/C12H10BrFN2/c1-5-6-2-7(6)12-15-10-4-9(14)8(13)3-11(10)16(5)12/h3-7H,2H2,1H3/t5?,6-,7-/m0/s1. The van der Waals surface area contributed by atoms with Gasteiger partial charge < -0.3 is 4.57 Å². The number of aromatic nitrogens is 2. The Morgan fingerprint density at radius 2 is 2.31 bits per heavy atom. The number of halogens is 2. The molecule has 1 unspecified atom stereocenters. The van der Waals surface area contributed by atoms with Gasteiger partial charge in [-0.05, 0) is 41.3 Å². The molecule has 4 heteroatoms. The predicted octanol–water partition coefficient (Wildman–Crippen LogP) is 3.62. The summed E-state index contributed by atoms with van der Waals surface area (Å²) in [6.45, 7) is 2.24. The van der Waals surface area contributed by atoms with Gasteiger partial charge in [-0.25, -0.2) is 9.37 Å². The lowest BCUT2D eigenvalue weighted by Gasteiger charge is -2.11. The second kappa shape index (κ2) is 2.67. The fraction of sp³-hybridized carbons (Fsp3) is 0.417. The minimum atomic E-state index is -0.232. The topological polar surface area (TPSA) is 17.8 Å². The van der Waals surface area contributed by atoms with E-state index in [4.69, 9.17) is 0 Å². The molecule has 1 fully saturated rings. The molecule has 1 saturated carbocycles. The highest BCUT2D eigenvalue weighted by Gasteiger charge is 2.52. The van der Waals surface area contributed by atoms with E-state index < -0.39 is 0 Å². The van der Waals surface area contributed by atoms with Crippen molar-refractivity contribution in [1.82, 2.24) is 9.55 Å². The number of hydrogen-bond acceptors (Lipinski definition) is 1. The van der Waals surface area contributed by atoms with Crippen LogP contribution < -0.4 is 0 Å². The van der Waals surface area contributed by atoms with Gasteiger partial charge in [-0.1, -0.05) is 0 Å². The molecule has 82 valence electrons. The number of hydrogen-bond donors (Lipinski definition) is 0. The SMILES string of the molecule is CC1[C@@H]2C[C@@H]2c2nc3cc(F)c(Br)cc3n21. The molecule has 0 N–H and O–H groups in total. The van der Waals surface area contributed by atoms with Gasteiger partial charge in [0.15, 0.2) is 0 Å². The normalized spacial score (nSPS) is 30.6. The summed E-state index contributed by atoms with van der Waals surface area (Å²) in [5, 5.41) is 0. The molecular formula is C12H10BrFN2. The third kappa shape index (κ3) is 0.943. The number of imidazole rings is 1. The zero-order valence-corrected chi connectivity index (χ0v) is 10.3. The first-order valence-electron chi connectivity index (χ1n) is 5.53. The maximum absolute atomic E-state index is 13.4. The van der Waals surface area contributed by atoms with E-state index in [1.807, 2.05) is 6.07 Å². The summed E-state index contributed by atoms with van der Waals surface area (Å²) >= 11 is 3.24. The smallest absolute Gasteiger partial charge is 0.139 e. The van der Waals surface area contributed by atoms with Crippen molar-refractivity contribution in [2.45, 2.75) is 25.3 Å². The molecule has 1 aromatic carbocycles. The van der Waals surface area contributed by atoms with Gasteiger partial charge in [0.1, 0.15) is 11.6 Å². The van der Waals surface area contributed by atoms with Crippen molar-refractivity contribution in [2.24, 2.45) is 5.92 Å². The van der Waals surface area contributed by atoms with E-state index in [1.165, 1.54) is 12.5 Å². The quantitative estimate of drug-likeness (QED) is 0.721. The van der Waals surface area contributed by atoms with Crippen LogP contribution in [0.1, 0.15) is 31.1 Å². The third-order valence-electron chi connectivity index (χ3n) is 3.96. The van der Waals surface area contributed by atoms with Gasteiger partial charge in [-0.3, -0.25) is 0 Å². The van der Waals surface area contributed by atoms with E-state index >= 15 is 0 Å². The first-order chi connectivity index (χ1) is 7.66. The zero-order chi connectivity index (χ0) is 11.0. The average Bonchev–Trinajstić information content (AvgIpc) is 2.89. The van der Waals surface area contributed by atoms with E-state index in [2.05, 4.69) is 32.4 Å². The van der Waals surface area contributed by atoms with Gasteiger partial charge in [0.05, 0.1) is 15.5 Å². The van der Waals surface area contributed by atoms with Crippen molar-refractivity contribution in [3.63, 3.8) is 0 Å². The summed E-state index contributed by atoms with van der Waals surface area (Å²) in [6, 6.07) is 3.89. The Labute approximate surface area is 101 Å². The molecule has 3 atom stereocenters. The molecular weight excluding hydrogens is 271 g/mol. The molecule has 1 aromatic heterocycles. The predicted molar refractivity (Wildman–Crippen MR) is 63.0 cm³/mol. The molecule has 2 aromatic rings. The molecule has 2 nitrogen and oxygen atoms in total. The Kier molecular flexibility index (Phi) is 1.53. The largest absolute Gasteiger partial charge is 0.325 e. The maximum atomic E-state index is 13.4. The summed E-state index contributed by atoms with van der Waals surface area (Å²) < 4.78 is 16.2. The number of benzene rings is 1. The second-order valence-electron chi connectivity index (χ2n) is 4.84. The van der Waals surface area contributed by atoms with Crippen LogP contribution in [0.2, 0.25) is 0 Å². The van der Waals surface area contributed by atoms with E-state index in [0.717, 1.165) is 22.8 Å². The van der Waals surface area contributed by atoms with Gasteiger partial charge in [-0.2, -0.15) is 0 Å². The summed E-state index contributed by atoms with van der Waals surface area (Å²) in [5.74, 6) is 2.33. The molecule has 1 aliphatic carbocycles. The fourth-order valence-corrected chi connectivity index (χ4v) is 3.37. The molecule has 16 heavy (non-hydrogen) atoms. The Morgan fingerprint density at radius 3 is 3.12 bits per heavy atom. The maximum Gasteiger partial charge on any atom is 0.139 e. The van der Waals surface area contributed by atoms with E-state index in [1.54, 1.807) is 0 Å². The van der Waals surface area contributed by atoms with E-state index in [0.29, 0.717) is 16.4 Å². The second-order valence-corrected chi connectivity index (χ2v) is 5.70. The molecule has 2 aliphatic rings. The highest BCUT2D eigenvalue weighted by Crippen LogP contribution is 2.59. The molecule has 0 radical (unpaired) electrons. The average molecular weight is 281 g/mol. The molecule has 2 heterocycles. The molecule has 0 amide bonds. The van der Waals surface area contributed by atoms with Crippen LogP contribution in [-0.2, 0) is 0 Å². The molecule has 0 bridgehead atoms.